The third kappa shape index (κ3) is 2.59. The van der Waals surface area contributed by atoms with Crippen LogP contribution in [0.2, 0.25) is 0 Å². The van der Waals surface area contributed by atoms with Crippen molar-refractivity contribution < 1.29 is 4.79 Å². The lowest BCUT2D eigenvalue weighted by Gasteiger charge is -2.20. The molecule has 2 rings (SSSR count). The molecule has 0 unspecified atom stereocenters. The molecular weight excluding hydrogens is 212 g/mol. The molecule has 1 heterocycles. The molecule has 0 aromatic heterocycles. The Morgan fingerprint density at radius 1 is 1.53 bits per heavy atom. The van der Waals surface area contributed by atoms with Crippen molar-refractivity contribution >= 4 is 11.6 Å². The average Bonchev–Trinajstić information content (AvgIpc) is 2.38. The van der Waals surface area contributed by atoms with E-state index in [1.807, 2.05) is 18.2 Å². The van der Waals surface area contributed by atoms with Crippen LogP contribution in [0.15, 0.2) is 18.2 Å². The summed E-state index contributed by atoms with van der Waals surface area (Å²) in [6.45, 7) is 1.52. The number of benzene rings is 1. The number of carbonyl (C=O) groups is 1. The first-order valence-electron chi connectivity index (χ1n) is 5.90. The SMILES string of the molecule is C#CCCNC(=O)c1cccc2c1CCCN2. The van der Waals surface area contributed by atoms with E-state index in [2.05, 4.69) is 16.6 Å². The minimum atomic E-state index is -0.0270. The molecule has 0 fully saturated rings. The van der Waals surface area contributed by atoms with Crippen molar-refractivity contribution in [2.45, 2.75) is 19.3 Å². The van der Waals surface area contributed by atoms with Crippen LogP contribution in [-0.2, 0) is 6.42 Å². The van der Waals surface area contributed by atoms with Gasteiger partial charge in [0.05, 0.1) is 0 Å². The molecule has 0 bridgehead atoms. The second kappa shape index (κ2) is 5.40. The number of hydrogen-bond donors (Lipinski definition) is 2. The molecule has 1 aliphatic heterocycles. The Morgan fingerprint density at radius 2 is 2.41 bits per heavy atom. The fourth-order valence-corrected chi connectivity index (χ4v) is 2.07. The molecule has 0 aliphatic carbocycles. The summed E-state index contributed by atoms with van der Waals surface area (Å²) in [7, 11) is 0. The van der Waals surface area contributed by atoms with Gasteiger partial charge < -0.3 is 10.6 Å². The Labute approximate surface area is 102 Å². The summed E-state index contributed by atoms with van der Waals surface area (Å²) < 4.78 is 0. The van der Waals surface area contributed by atoms with Crippen molar-refractivity contribution in [2.24, 2.45) is 0 Å². The fourth-order valence-electron chi connectivity index (χ4n) is 2.07. The van der Waals surface area contributed by atoms with Gasteiger partial charge in [0.15, 0.2) is 0 Å². The number of carbonyl (C=O) groups excluding carboxylic acids is 1. The lowest BCUT2D eigenvalue weighted by molar-refractivity contribution is 0.0953. The Morgan fingerprint density at radius 3 is 3.24 bits per heavy atom. The van der Waals surface area contributed by atoms with E-state index < -0.39 is 0 Å². The maximum absolute atomic E-state index is 12.0. The minimum absolute atomic E-state index is 0.0270. The lowest BCUT2D eigenvalue weighted by Crippen LogP contribution is -2.26. The summed E-state index contributed by atoms with van der Waals surface area (Å²) in [6, 6.07) is 5.80. The second-order valence-electron chi connectivity index (χ2n) is 4.07. The van der Waals surface area contributed by atoms with Gasteiger partial charge in [-0.25, -0.2) is 0 Å². The van der Waals surface area contributed by atoms with Crippen LogP contribution in [0, 0.1) is 12.3 Å². The van der Waals surface area contributed by atoms with Gasteiger partial charge in [-0.05, 0) is 30.5 Å². The van der Waals surface area contributed by atoms with Crippen LogP contribution < -0.4 is 10.6 Å². The predicted molar refractivity (Wildman–Crippen MR) is 69.0 cm³/mol. The number of rotatable bonds is 3. The van der Waals surface area contributed by atoms with Crippen LogP contribution >= 0.6 is 0 Å². The topological polar surface area (TPSA) is 41.1 Å². The van der Waals surface area contributed by atoms with Gasteiger partial charge in [-0.15, -0.1) is 12.3 Å². The van der Waals surface area contributed by atoms with Gasteiger partial charge in [-0.3, -0.25) is 4.79 Å². The number of anilines is 1. The zero-order chi connectivity index (χ0) is 12.1. The molecule has 2 N–H and O–H groups in total. The summed E-state index contributed by atoms with van der Waals surface area (Å²) in [6.07, 6.45) is 7.75. The molecule has 88 valence electrons. The highest BCUT2D eigenvalue weighted by atomic mass is 16.1. The largest absolute Gasteiger partial charge is 0.385 e. The van der Waals surface area contributed by atoms with Crippen LogP contribution in [0.25, 0.3) is 0 Å². The summed E-state index contributed by atoms with van der Waals surface area (Å²) in [5.41, 5.74) is 2.98. The van der Waals surface area contributed by atoms with Gasteiger partial charge in [0.25, 0.3) is 5.91 Å². The first-order valence-corrected chi connectivity index (χ1v) is 5.90. The van der Waals surface area contributed by atoms with E-state index in [0.29, 0.717) is 13.0 Å². The van der Waals surface area contributed by atoms with E-state index in [9.17, 15) is 4.79 Å². The lowest BCUT2D eigenvalue weighted by atomic mass is 9.97. The number of nitrogens with one attached hydrogen (secondary N) is 2. The van der Waals surface area contributed by atoms with Gasteiger partial charge in [-0.1, -0.05) is 6.07 Å². The highest BCUT2D eigenvalue weighted by Crippen LogP contribution is 2.25. The number of fused-ring (bicyclic) bond motifs is 1. The van der Waals surface area contributed by atoms with Gasteiger partial charge in [0.2, 0.25) is 0 Å². The first-order chi connectivity index (χ1) is 8.33. The third-order valence-corrected chi connectivity index (χ3v) is 2.89. The molecule has 0 saturated carbocycles. The van der Waals surface area contributed by atoms with Crippen LogP contribution in [-0.4, -0.2) is 19.0 Å². The molecular formula is C14H16N2O. The molecule has 1 aromatic rings. The Kier molecular flexibility index (Phi) is 3.66. The molecule has 1 aliphatic rings. The highest BCUT2D eigenvalue weighted by molar-refractivity contribution is 5.97. The van der Waals surface area contributed by atoms with E-state index >= 15 is 0 Å². The summed E-state index contributed by atoms with van der Waals surface area (Å²) in [5, 5.41) is 6.15. The molecule has 0 radical (unpaired) electrons. The van der Waals surface area contributed by atoms with Crippen molar-refractivity contribution in [1.82, 2.24) is 5.32 Å². The molecule has 1 amide bonds. The highest BCUT2D eigenvalue weighted by Gasteiger charge is 2.16. The van der Waals surface area contributed by atoms with Crippen molar-refractivity contribution in [3.8, 4) is 12.3 Å². The summed E-state index contributed by atoms with van der Waals surface area (Å²) >= 11 is 0. The van der Waals surface area contributed by atoms with E-state index in [1.165, 1.54) is 0 Å². The molecule has 0 saturated heterocycles. The molecule has 0 spiro atoms. The third-order valence-electron chi connectivity index (χ3n) is 2.89. The molecule has 17 heavy (non-hydrogen) atoms. The zero-order valence-electron chi connectivity index (χ0n) is 9.75. The van der Waals surface area contributed by atoms with E-state index in [1.54, 1.807) is 0 Å². The summed E-state index contributed by atoms with van der Waals surface area (Å²) in [5.74, 6) is 2.48. The van der Waals surface area contributed by atoms with Crippen molar-refractivity contribution in [1.29, 1.82) is 0 Å². The van der Waals surface area contributed by atoms with Crippen LogP contribution in [0.1, 0.15) is 28.8 Å². The number of hydrogen-bond acceptors (Lipinski definition) is 2. The van der Waals surface area contributed by atoms with E-state index in [4.69, 9.17) is 6.42 Å². The van der Waals surface area contributed by atoms with Crippen molar-refractivity contribution in [3.63, 3.8) is 0 Å². The number of terminal acetylenes is 1. The predicted octanol–water partition coefficient (Wildman–Crippen LogP) is 1.80. The van der Waals surface area contributed by atoms with Crippen molar-refractivity contribution in [3.05, 3.63) is 29.3 Å². The Hall–Kier alpha value is -1.95. The van der Waals surface area contributed by atoms with Crippen molar-refractivity contribution in [2.75, 3.05) is 18.4 Å². The van der Waals surface area contributed by atoms with Gasteiger partial charge in [0, 0.05) is 30.8 Å². The summed E-state index contributed by atoms with van der Waals surface area (Å²) in [4.78, 5) is 12.0. The maximum Gasteiger partial charge on any atom is 0.251 e. The minimum Gasteiger partial charge on any atom is -0.385 e. The Balaban J connectivity index is 2.15. The maximum atomic E-state index is 12.0. The van der Waals surface area contributed by atoms with Crippen LogP contribution in [0.5, 0.6) is 0 Å². The molecule has 1 aromatic carbocycles. The zero-order valence-corrected chi connectivity index (χ0v) is 9.75. The molecule has 0 atom stereocenters. The molecule has 3 heteroatoms. The Bertz CT molecular complexity index is 460. The van der Waals surface area contributed by atoms with Crippen LogP contribution in [0.4, 0.5) is 5.69 Å². The smallest absolute Gasteiger partial charge is 0.251 e. The average molecular weight is 228 g/mol. The normalized spacial score (nSPS) is 13.1. The van der Waals surface area contributed by atoms with E-state index in [0.717, 1.165) is 36.2 Å². The standard InChI is InChI=1S/C14H16N2O/c1-2-3-9-16-14(17)12-6-4-8-13-11(12)7-5-10-15-13/h1,4,6,8,15H,3,5,7,9-10H2,(H,16,17). The van der Waals surface area contributed by atoms with Gasteiger partial charge in [0.1, 0.15) is 0 Å². The van der Waals surface area contributed by atoms with Gasteiger partial charge in [-0.2, -0.15) is 0 Å². The van der Waals surface area contributed by atoms with Gasteiger partial charge >= 0.3 is 0 Å². The quantitative estimate of drug-likeness (QED) is 0.612. The second-order valence-corrected chi connectivity index (χ2v) is 4.07. The van der Waals surface area contributed by atoms with E-state index in [-0.39, 0.29) is 5.91 Å². The molecule has 3 nitrogen and oxygen atoms in total. The number of amides is 1. The fraction of sp³-hybridized carbons (Fsp3) is 0.357. The monoisotopic (exact) mass is 228 g/mol. The van der Waals surface area contributed by atoms with Crippen LogP contribution in [0.3, 0.4) is 0 Å². The first kappa shape index (κ1) is 11.5.